The Balaban J connectivity index is 2.80. The fraction of sp³-hybridized carbons (Fsp3) is 0.500. The van der Waals surface area contributed by atoms with Gasteiger partial charge in [0.05, 0.1) is 0 Å². The number of thioether (sulfide) groups is 1. The van der Waals surface area contributed by atoms with Gasteiger partial charge in [0.2, 0.25) is 5.91 Å². The van der Waals surface area contributed by atoms with E-state index in [4.69, 9.17) is 0 Å². The quantitative estimate of drug-likeness (QED) is 0.476. The third kappa shape index (κ3) is 8.21. The van der Waals surface area contributed by atoms with Crippen molar-refractivity contribution in [1.82, 2.24) is 10.6 Å². The summed E-state index contributed by atoms with van der Waals surface area (Å²) >= 11 is 4.86. The van der Waals surface area contributed by atoms with Crippen molar-refractivity contribution in [3.05, 3.63) is 28.7 Å². The van der Waals surface area contributed by atoms with Gasteiger partial charge in [-0.1, -0.05) is 36.7 Å². The van der Waals surface area contributed by atoms with Gasteiger partial charge in [0.1, 0.15) is 12.1 Å². The van der Waals surface area contributed by atoms with E-state index in [1.54, 1.807) is 45.0 Å². The van der Waals surface area contributed by atoms with Gasteiger partial charge in [0.15, 0.2) is 0 Å². The van der Waals surface area contributed by atoms with Gasteiger partial charge in [-0.3, -0.25) is 4.79 Å². The maximum Gasteiger partial charge on any atom is 0.326 e. The lowest BCUT2D eigenvalue weighted by Crippen LogP contribution is -2.56. The van der Waals surface area contributed by atoms with Crippen LogP contribution in [0, 0.1) is 5.41 Å². The summed E-state index contributed by atoms with van der Waals surface area (Å²) in [5.74, 6) is -0.986. The Morgan fingerprint density at radius 3 is 2.22 bits per heavy atom. The lowest BCUT2D eigenvalue weighted by atomic mass is 9.86. The van der Waals surface area contributed by atoms with Crippen molar-refractivity contribution >= 4 is 51.3 Å². The van der Waals surface area contributed by atoms with Crippen LogP contribution in [0.4, 0.5) is 10.5 Å². The summed E-state index contributed by atoms with van der Waals surface area (Å²) < 4.78 is 0.882. The first-order valence-corrected chi connectivity index (χ1v) is 10.6. The molecule has 0 aliphatic rings. The molecule has 1 aromatic rings. The number of benzene rings is 1. The monoisotopic (exact) mass is 459 g/mol. The van der Waals surface area contributed by atoms with Crippen molar-refractivity contribution in [2.75, 3.05) is 17.3 Å². The first kappa shape index (κ1) is 23.3. The highest BCUT2D eigenvalue weighted by atomic mass is 79.9. The Bertz CT molecular complexity index is 662. The second-order valence-electron chi connectivity index (χ2n) is 7.09. The van der Waals surface area contributed by atoms with Gasteiger partial charge < -0.3 is 21.1 Å². The van der Waals surface area contributed by atoms with E-state index in [1.165, 1.54) is 11.8 Å². The van der Waals surface area contributed by atoms with Crippen molar-refractivity contribution in [1.29, 1.82) is 0 Å². The van der Waals surface area contributed by atoms with Gasteiger partial charge in [-0.05, 0) is 48.1 Å². The predicted octanol–water partition coefficient (Wildman–Crippen LogP) is 3.31. The van der Waals surface area contributed by atoms with Gasteiger partial charge in [0, 0.05) is 10.2 Å². The number of anilines is 1. The molecule has 4 N–H and O–H groups in total. The minimum Gasteiger partial charge on any atom is -0.480 e. The highest BCUT2D eigenvalue weighted by Gasteiger charge is 2.34. The van der Waals surface area contributed by atoms with E-state index in [-0.39, 0.29) is 0 Å². The molecule has 3 amide bonds. The van der Waals surface area contributed by atoms with Gasteiger partial charge in [0.25, 0.3) is 0 Å². The number of urea groups is 1. The molecule has 0 bridgehead atoms. The number of carbonyl (C=O) groups is 3. The van der Waals surface area contributed by atoms with E-state index in [1.807, 2.05) is 6.26 Å². The van der Waals surface area contributed by atoms with Crippen LogP contribution in [0.15, 0.2) is 28.7 Å². The van der Waals surface area contributed by atoms with E-state index in [0.29, 0.717) is 17.9 Å². The Morgan fingerprint density at radius 1 is 1.15 bits per heavy atom. The summed E-state index contributed by atoms with van der Waals surface area (Å²) in [6.07, 6.45) is 2.28. The third-order valence-corrected chi connectivity index (χ3v) is 4.91. The number of hydrogen-bond acceptors (Lipinski definition) is 4. The van der Waals surface area contributed by atoms with E-state index in [0.717, 1.165) is 4.47 Å². The summed E-state index contributed by atoms with van der Waals surface area (Å²) in [5.41, 5.74) is -0.0802. The van der Waals surface area contributed by atoms with Crippen molar-refractivity contribution in [3.8, 4) is 0 Å². The second kappa shape index (κ2) is 10.6. The zero-order valence-electron chi connectivity index (χ0n) is 15.8. The summed E-state index contributed by atoms with van der Waals surface area (Å²) in [6, 6.07) is 4.60. The average molecular weight is 460 g/mol. The molecule has 1 aromatic carbocycles. The summed E-state index contributed by atoms with van der Waals surface area (Å²) in [5, 5.41) is 17.2. The van der Waals surface area contributed by atoms with Crippen molar-refractivity contribution < 1.29 is 19.5 Å². The molecular formula is C18H26BrN3O4S. The first-order valence-electron chi connectivity index (χ1n) is 8.39. The molecule has 0 spiro atoms. The lowest BCUT2D eigenvalue weighted by Gasteiger charge is -2.29. The van der Waals surface area contributed by atoms with E-state index >= 15 is 0 Å². The fourth-order valence-corrected chi connectivity index (χ4v) is 2.99. The number of halogens is 1. The van der Waals surface area contributed by atoms with Gasteiger partial charge in [-0.15, -0.1) is 0 Å². The van der Waals surface area contributed by atoms with Crippen LogP contribution < -0.4 is 16.0 Å². The summed E-state index contributed by atoms with van der Waals surface area (Å²) in [4.78, 5) is 36.4. The smallest absolute Gasteiger partial charge is 0.326 e. The number of rotatable bonds is 8. The Hall–Kier alpha value is -1.74. The minimum absolute atomic E-state index is 0.386. The largest absolute Gasteiger partial charge is 0.480 e. The van der Waals surface area contributed by atoms with Crippen LogP contribution in [0.3, 0.4) is 0 Å². The number of carboxylic acid groups (broad SMARTS) is 1. The number of amides is 3. The summed E-state index contributed by atoms with van der Waals surface area (Å²) in [6.45, 7) is 5.20. The predicted molar refractivity (Wildman–Crippen MR) is 112 cm³/mol. The SMILES string of the molecule is CSCCC(NC(=O)Nc1ccc(Br)cc1)C(=O)NC(C(=O)O)C(C)(C)C. The number of carbonyl (C=O) groups excluding carboxylic acids is 2. The standard InChI is InChI=1S/C18H26BrN3O4S/c1-18(2,3)14(16(24)25)22-15(23)13(9-10-27-4)21-17(26)20-12-7-5-11(19)6-8-12/h5-8,13-14H,9-10H2,1-4H3,(H,22,23)(H,24,25)(H2,20,21,26). The van der Waals surface area contributed by atoms with Gasteiger partial charge >= 0.3 is 12.0 Å². The van der Waals surface area contributed by atoms with Gasteiger partial charge in [-0.25, -0.2) is 9.59 Å². The van der Waals surface area contributed by atoms with Crippen LogP contribution in [-0.4, -0.2) is 47.1 Å². The molecule has 2 unspecified atom stereocenters. The molecule has 9 heteroatoms. The van der Waals surface area contributed by atoms with E-state index in [2.05, 4.69) is 31.9 Å². The molecule has 1 rings (SSSR count). The topological polar surface area (TPSA) is 108 Å². The number of carboxylic acids is 1. The lowest BCUT2D eigenvalue weighted by molar-refractivity contribution is -0.145. The number of hydrogen-bond donors (Lipinski definition) is 4. The molecule has 7 nitrogen and oxygen atoms in total. The zero-order chi connectivity index (χ0) is 20.6. The number of aliphatic carboxylic acids is 1. The maximum absolute atomic E-state index is 12.6. The third-order valence-electron chi connectivity index (χ3n) is 3.73. The van der Waals surface area contributed by atoms with E-state index in [9.17, 15) is 19.5 Å². The molecule has 0 saturated carbocycles. The number of nitrogens with one attached hydrogen (secondary N) is 3. The van der Waals surface area contributed by atoms with Crippen molar-refractivity contribution in [3.63, 3.8) is 0 Å². The van der Waals surface area contributed by atoms with Crippen molar-refractivity contribution in [2.45, 2.75) is 39.3 Å². The molecule has 0 aromatic heterocycles. The fourth-order valence-electron chi connectivity index (χ4n) is 2.25. The molecule has 0 aliphatic carbocycles. The van der Waals surface area contributed by atoms with E-state index < -0.39 is 35.4 Å². The normalized spacial score (nSPS) is 13.4. The molecule has 0 heterocycles. The van der Waals surface area contributed by atoms with Crippen LogP contribution in [0.1, 0.15) is 27.2 Å². The highest BCUT2D eigenvalue weighted by Crippen LogP contribution is 2.20. The molecule has 0 fully saturated rings. The molecule has 150 valence electrons. The van der Waals surface area contributed by atoms with Crippen LogP contribution >= 0.6 is 27.7 Å². The maximum atomic E-state index is 12.6. The molecule has 2 atom stereocenters. The Morgan fingerprint density at radius 2 is 1.74 bits per heavy atom. The highest BCUT2D eigenvalue weighted by molar-refractivity contribution is 9.10. The van der Waals surface area contributed by atoms with Crippen LogP contribution in [-0.2, 0) is 9.59 Å². The van der Waals surface area contributed by atoms with Crippen LogP contribution in [0.25, 0.3) is 0 Å². The first-order chi connectivity index (χ1) is 12.5. The zero-order valence-corrected chi connectivity index (χ0v) is 18.2. The molecule has 0 saturated heterocycles. The van der Waals surface area contributed by atoms with Crippen LogP contribution in [0.5, 0.6) is 0 Å². The Kier molecular flexibility index (Phi) is 9.11. The molecular weight excluding hydrogens is 434 g/mol. The summed E-state index contributed by atoms with van der Waals surface area (Å²) in [7, 11) is 0. The van der Waals surface area contributed by atoms with Gasteiger partial charge in [-0.2, -0.15) is 11.8 Å². The minimum atomic E-state index is -1.11. The molecule has 0 aliphatic heterocycles. The second-order valence-corrected chi connectivity index (χ2v) is 8.99. The van der Waals surface area contributed by atoms with Crippen molar-refractivity contribution in [2.24, 2.45) is 5.41 Å². The molecule has 0 radical (unpaired) electrons. The van der Waals surface area contributed by atoms with Crippen LogP contribution in [0.2, 0.25) is 0 Å². The Labute approximate surface area is 172 Å². The molecule has 27 heavy (non-hydrogen) atoms. The average Bonchev–Trinajstić information content (AvgIpc) is 2.56.